The van der Waals surface area contributed by atoms with E-state index in [4.69, 9.17) is 25.3 Å². The Morgan fingerprint density at radius 1 is 1.00 bits per heavy atom. The topological polar surface area (TPSA) is 0 Å². The summed E-state index contributed by atoms with van der Waals surface area (Å²) in [6, 6.07) is 0. The van der Waals surface area contributed by atoms with Crippen LogP contribution in [-0.2, 0) is 0 Å². The molecule has 0 aromatic carbocycles. The molecule has 0 radical (unpaired) electrons. The van der Waals surface area contributed by atoms with Crippen LogP contribution in [-0.4, -0.2) is 55.0 Å². The Morgan fingerprint density at radius 2 is 1.48 bits per heavy atom. The van der Waals surface area contributed by atoms with E-state index in [1.165, 1.54) is 48.0 Å². The van der Waals surface area contributed by atoms with Gasteiger partial charge in [-0.3, -0.25) is 0 Å². The number of hydrogen-bond donors (Lipinski definition) is 2. The van der Waals surface area contributed by atoms with E-state index in [9.17, 15) is 0 Å². The molecule has 21 heavy (non-hydrogen) atoms. The summed E-state index contributed by atoms with van der Waals surface area (Å²) in [5.41, 5.74) is 0.322. The van der Waals surface area contributed by atoms with Gasteiger partial charge < -0.3 is 0 Å². The molecule has 0 nitrogen and oxygen atoms in total. The molecule has 5 unspecified atom stereocenters. The van der Waals surface area contributed by atoms with Gasteiger partial charge in [-0.25, -0.2) is 0 Å². The molecule has 5 atom stereocenters. The summed E-state index contributed by atoms with van der Waals surface area (Å²) in [6.07, 6.45) is 3.80. The Hall–Kier alpha value is 2.10. The molecule has 0 N–H and O–H groups in total. The van der Waals surface area contributed by atoms with Crippen molar-refractivity contribution in [2.75, 3.05) is 28.8 Å². The third kappa shape index (κ3) is 5.29. The van der Waals surface area contributed by atoms with Gasteiger partial charge in [0.05, 0.1) is 0 Å². The minimum Gasteiger partial charge on any atom is -0.175 e. The molecule has 3 aliphatic heterocycles. The average molecular weight is 399 g/mol. The molecule has 3 fully saturated rings. The fourth-order valence-electron chi connectivity index (χ4n) is 2.91. The lowest BCUT2D eigenvalue weighted by atomic mass is 9.76. The maximum Gasteiger partial charge on any atom is 0.0229 e. The molecular weight excluding hydrogens is 373 g/mol. The van der Waals surface area contributed by atoms with E-state index in [0.29, 0.717) is 15.9 Å². The number of thiol groups is 2. The van der Waals surface area contributed by atoms with Gasteiger partial charge in [0.1, 0.15) is 0 Å². The van der Waals surface area contributed by atoms with Crippen LogP contribution in [0.5, 0.6) is 0 Å². The first-order valence-electron chi connectivity index (χ1n) is 7.92. The van der Waals surface area contributed by atoms with Crippen LogP contribution in [0, 0.1) is 5.41 Å². The smallest absolute Gasteiger partial charge is 0.0229 e. The van der Waals surface area contributed by atoms with Gasteiger partial charge in [-0.05, 0) is 19.3 Å². The van der Waals surface area contributed by atoms with Gasteiger partial charge >= 0.3 is 0 Å². The molecule has 122 valence electrons. The van der Waals surface area contributed by atoms with Crippen molar-refractivity contribution in [3.8, 4) is 0 Å². The molecule has 0 aromatic rings. The van der Waals surface area contributed by atoms with Crippen LogP contribution < -0.4 is 0 Å². The lowest BCUT2D eigenvalue weighted by Gasteiger charge is -2.42. The molecule has 0 bridgehead atoms. The first kappa shape index (κ1) is 17.9. The van der Waals surface area contributed by atoms with E-state index < -0.39 is 0 Å². The first-order valence-corrected chi connectivity index (χ1v) is 13.3. The van der Waals surface area contributed by atoms with Crippen LogP contribution >= 0.6 is 72.3 Å². The van der Waals surface area contributed by atoms with Crippen LogP contribution in [0.1, 0.15) is 26.2 Å². The van der Waals surface area contributed by atoms with Gasteiger partial charge in [-0.1, -0.05) is 6.92 Å². The molecule has 3 aliphatic rings. The van der Waals surface area contributed by atoms with E-state index >= 15 is 0 Å². The Bertz CT molecular complexity index is 317. The second-order valence-electron chi connectivity index (χ2n) is 6.47. The van der Waals surface area contributed by atoms with E-state index in [0.717, 1.165) is 15.7 Å². The highest BCUT2D eigenvalue weighted by Gasteiger charge is 2.45. The van der Waals surface area contributed by atoms with Crippen LogP contribution in [0.25, 0.3) is 0 Å². The summed E-state index contributed by atoms with van der Waals surface area (Å²) in [4.78, 5) is 0. The van der Waals surface area contributed by atoms with Gasteiger partial charge in [0, 0.05) is 60.4 Å². The predicted octanol–water partition coefficient (Wildman–Crippen LogP) is 4.84. The Labute approximate surface area is 158 Å². The Kier molecular flexibility index (Phi) is 6.81. The van der Waals surface area contributed by atoms with Crippen molar-refractivity contribution in [1.29, 1.82) is 0 Å². The molecule has 0 saturated carbocycles. The average Bonchev–Trinajstić information content (AvgIpc) is 3.29. The third-order valence-electron chi connectivity index (χ3n) is 4.84. The van der Waals surface area contributed by atoms with Crippen molar-refractivity contribution in [2.24, 2.45) is 5.41 Å². The lowest BCUT2D eigenvalue weighted by molar-refractivity contribution is 0.283. The van der Waals surface area contributed by atoms with Crippen molar-refractivity contribution < 1.29 is 0 Å². The highest BCUT2D eigenvalue weighted by molar-refractivity contribution is 8.08. The fourth-order valence-corrected chi connectivity index (χ4v) is 8.74. The lowest BCUT2D eigenvalue weighted by Crippen LogP contribution is -2.43. The van der Waals surface area contributed by atoms with E-state index in [2.05, 4.69) is 54.0 Å². The molecule has 3 saturated heterocycles. The van der Waals surface area contributed by atoms with E-state index in [1.807, 2.05) is 0 Å². The predicted molar refractivity (Wildman–Crippen MR) is 114 cm³/mol. The summed E-state index contributed by atoms with van der Waals surface area (Å²) in [7, 11) is 0. The molecule has 6 heteroatoms. The van der Waals surface area contributed by atoms with Gasteiger partial charge in [0.2, 0.25) is 0 Å². The zero-order chi connectivity index (χ0) is 14.9. The van der Waals surface area contributed by atoms with Crippen LogP contribution in [0.3, 0.4) is 0 Å². The van der Waals surface area contributed by atoms with Crippen LogP contribution in [0.15, 0.2) is 0 Å². The van der Waals surface area contributed by atoms with Crippen molar-refractivity contribution in [1.82, 2.24) is 0 Å². The van der Waals surface area contributed by atoms with Crippen LogP contribution in [0.2, 0.25) is 0 Å². The molecule has 0 aromatic heterocycles. The van der Waals surface area contributed by atoms with Crippen molar-refractivity contribution in [3.63, 3.8) is 0 Å². The normalized spacial score (nSPS) is 35.9. The molecule has 3 heterocycles. The van der Waals surface area contributed by atoms with Gasteiger partial charge in [0.25, 0.3) is 0 Å². The number of rotatable bonds is 11. The van der Waals surface area contributed by atoms with Crippen molar-refractivity contribution >= 4 is 72.3 Å². The first-order chi connectivity index (χ1) is 10.1. The zero-order valence-corrected chi connectivity index (χ0v) is 17.6. The quantitative estimate of drug-likeness (QED) is 0.377. The fraction of sp³-hybridized carbons (Fsp3) is 1.00. The highest BCUT2D eigenvalue weighted by Crippen LogP contribution is 2.50. The minimum absolute atomic E-state index is 0.322. The highest BCUT2D eigenvalue weighted by atomic mass is 32.2. The summed E-state index contributed by atoms with van der Waals surface area (Å²) < 4.78 is 0. The Morgan fingerprint density at radius 3 is 1.86 bits per heavy atom. The second-order valence-corrected chi connectivity index (χ2v) is 12.7. The maximum absolute atomic E-state index is 5.11. The molecule has 0 amide bonds. The zero-order valence-electron chi connectivity index (χ0n) is 12.6. The molecule has 3 rings (SSSR count). The third-order valence-corrected chi connectivity index (χ3v) is 10.8. The van der Waals surface area contributed by atoms with Gasteiger partial charge in [0.15, 0.2) is 0 Å². The summed E-state index contributed by atoms with van der Waals surface area (Å²) in [6.45, 7) is 2.37. The summed E-state index contributed by atoms with van der Waals surface area (Å²) >= 11 is 18.7. The number of thioether (sulfide) groups is 4. The summed E-state index contributed by atoms with van der Waals surface area (Å²) in [5, 5.41) is 3.76. The van der Waals surface area contributed by atoms with E-state index in [-0.39, 0.29) is 0 Å². The molecular formula is C15H26S6. The molecule has 0 aliphatic carbocycles. The standard InChI is InChI=1S/C15H26S6/c1-2-15(9-18-5-12-8-21-12,13(16)3-10-6-19-10)14(17)4-11-7-20-11/h10-14,16-17H,2-9H2,1H3. The largest absolute Gasteiger partial charge is 0.175 e. The van der Waals surface area contributed by atoms with Crippen molar-refractivity contribution in [3.05, 3.63) is 0 Å². The second kappa shape index (κ2) is 7.99. The molecule has 0 spiro atoms. The Balaban J connectivity index is 1.61. The number of hydrogen-bond acceptors (Lipinski definition) is 6. The van der Waals surface area contributed by atoms with Gasteiger partial charge in [-0.15, -0.1) is 0 Å². The minimum atomic E-state index is 0.322. The monoisotopic (exact) mass is 398 g/mol. The van der Waals surface area contributed by atoms with Crippen LogP contribution in [0.4, 0.5) is 0 Å². The summed E-state index contributed by atoms with van der Waals surface area (Å²) in [5.74, 6) is 6.70. The SMILES string of the molecule is CCC(CSCC1CS1)(C(S)CC1CS1)C(S)CC1CS1. The van der Waals surface area contributed by atoms with Crippen molar-refractivity contribution in [2.45, 2.75) is 52.4 Å². The van der Waals surface area contributed by atoms with Gasteiger partial charge in [-0.2, -0.15) is 72.3 Å². The maximum atomic E-state index is 5.11. The van der Waals surface area contributed by atoms with E-state index in [1.54, 1.807) is 0 Å².